The van der Waals surface area contributed by atoms with Crippen molar-refractivity contribution in [1.82, 2.24) is 4.90 Å². The van der Waals surface area contributed by atoms with E-state index in [0.717, 1.165) is 0 Å². The maximum Gasteiger partial charge on any atom is 0.415 e. The summed E-state index contributed by atoms with van der Waals surface area (Å²) in [6, 6.07) is 0. The Morgan fingerprint density at radius 3 is 2.44 bits per heavy atom. The number of halogens is 2. The summed E-state index contributed by atoms with van der Waals surface area (Å²) in [5.41, 5.74) is -1.69. The van der Waals surface area contributed by atoms with Crippen LogP contribution < -0.4 is 0 Å². The third-order valence-electron chi connectivity index (χ3n) is 4.39. The molecular formula is C18H25F2NO4. The fraction of sp³-hybridized carbons (Fsp3) is 0.667. The van der Waals surface area contributed by atoms with Gasteiger partial charge in [-0.1, -0.05) is 12.2 Å². The van der Waals surface area contributed by atoms with Gasteiger partial charge < -0.3 is 9.47 Å². The highest BCUT2D eigenvalue weighted by Gasteiger charge is 2.53. The summed E-state index contributed by atoms with van der Waals surface area (Å²) in [5.74, 6) is -3.43. The van der Waals surface area contributed by atoms with Crippen LogP contribution in [0.5, 0.6) is 0 Å². The summed E-state index contributed by atoms with van der Waals surface area (Å²) >= 11 is 0. The number of methoxy groups -OCH3 is 1. The first-order valence-electron chi connectivity index (χ1n) is 8.36. The number of rotatable bonds is 2. The molecule has 0 N–H and O–H groups in total. The molecule has 1 aliphatic carbocycles. The molecule has 0 spiro atoms. The Labute approximate surface area is 146 Å². The number of nitrogens with zero attached hydrogens (tertiary/aromatic N) is 1. The smallest absolute Gasteiger partial charge is 0.415 e. The molecule has 0 aromatic heterocycles. The second kappa shape index (κ2) is 6.77. The maximum atomic E-state index is 13.6. The van der Waals surface area contributed by atoms with Crippen molar-refractivity contribution in [3.05, 3.63) is 23.9 Å². The number of hydrogen-bond donors (Lipinski definition) is 0. The standard InChI is InChI=1S/C18H25F2NO4/c1-16(2,3)25-15(23)21-12-6-5-9-18(21,14(22)24-4)13-7-10-17(19,20)11-8-13/h6-7,12H,5,8-11H2,1-4H3. The first-order chi connectivity index (χ1) is 11.5. The summed E-state index contributed by atoms with van der Waals surface area (Å²) in [4.78, 5) is 26.6. The fourth-order valence-corrected chi connectivity index (χ4v) is 3.23. The first kappa shape index (κ1) is 19.4. The number of alkyl halides is 2. The normalized spacial score (nSPS) is 26.0. The van der Waals surface area contributed by atoms with E-state index in [0.29, 0.717) is 12.0 Å². The predicted octanol–water partition coefficient (Wildman–Crippen LogP) is 4.19. The molecule has 0 aromatic rings. The van der Waals surface area contributed by atoms with E-state index in [1.54, 1.807) is 26.8 Å². The van der Waals surface area contributed by atoms with E-state index in [4.69, 9.17) is 9.47 Å². The van der Waals surface area contributed by atoms with Crippen LogP contribution in [0.1, 0.15) is 52.9 Å². The number of carbonyl (C=O) groups is 2. The van der Waals surface area contributed by atoms with Crippen LogP contribution in [-0.2, 0) is 14.3 Å². The highest BCUT2D eigenvalue weighted by Crippen LogP contribution is 2.43. The molecule has 1 atom stereocenters. The molecule has 1 amide bonds. The van der Waals surface area contributed by atoms with Crippen LogP contribution in [0.15, 0.2) is 23.9 Å². The van der Waals surface area contributed by atoms with Crippen LogP contribution in [-0.4, -0.2) is 41.1 Å². The largest absolute Gasteiger partial charge is 0.467 e. The van der Waals surface area contributed by atoms with E-state index in [-0.39, 0.29) is 19.3 Å². The number of hydrogen-bond acceptors (Lipinski definition) is 4. The Bertz CT molecular complexity index is 607. The van der Waals surface area contributed by atoms with Crippen LogP contribution >= 0.6 is 0 Å². The lowest BCUT2D eigenvalue weighted by Gasteiger charge is -2.44. The van der Waals surface area contributed by atoms with Gasteiger partial charge in [-0.3, -0.25) is 4.90 Å². The van der Waals surface area contributed by atoms with Crippen LogP contribution in [0.3, 0.4) is 0 Å². The van der Waals surface area contributed by atoms with Gasteiger partial charge in [0.05, 0.1) is 7.11 Å². The van der Waals surface area contributed by atoms with E-state index in [1.165, 1.54) is 24.3 Å². The van der Waals surface area contributed by atoms with Gasteiger partial charge in [0.2, 0.25) is 0 Å². The molecule has 1 heterocycles. The molecule has 140 valence electrons. The average Bonchev–Trinajstić information content (AvgIpc) is 2.52. The molecule has 1 aliphatic heterocycles. The van der Waals surface area contributed by atoms with Crippen molar-refractivity contribution in [1.29, 1.82) is 0 Å². The quantitative estimate of drug-likeness (QED) is 0.549. The van der Waals surface area contributed by atoms with Gasteiger partial charge >= 0.3 is 12.1 Å². The van der Waals surface area contributed by atoms with Crippen molar-refractivity contribution in [3.8, 4) is 0 Å². The topological polar surface area (TPSA) is 55.8 Å². The number of ether oxygens (including phenoxy) is 2. The Morgan fingerprint density at radius 2 is 1.92 bits per heavy atom. The molecule has 1 unspecified atom stereocenters. The lowest BCUT2D eigenvalue weighted by atomic mass is 9.76. The van der Waals surface area contributed by atoms with Gasteiger partial charge in [-0.2, -0.15) is 0 Å². The molecular weight excluding hydrogens is 332 g/mol. The lowest BCUT2D eigenvalue weighted by Crippen LogP contribution is -2.59. The van der Waals surface area contributed by atoms with Gasteiger partial charge in [-0.15, -0.1) is 0 Å². The van der Waals surface area contributed by atoms with Gasteiger partial charge in [0.15, 0.2) is 5.54 Å². The molecule has 0 saturated carbocycles. The molecule has 0 aromatic carbocycles. The third kappa shape index (κ3) is 4.02. The van der Waals surface area contributed by atoms with E-state index in [1.807, 2.05) is 0 Å². The van der Waals surface area contributed by atoms with Gasteiger partial charge in [0.25, 0.3) is 5.92 Å². The second-order valence-corrected chi connectivity index (χ2v) is 7.42. The number of esters is 1. The van der Waals surface area contributed by atoms with Crippen LogP contribution in [0.4, 0.5) is 13.6 Å². The summed E-state index contributed by atoms with van der Waals surface area (Å²) in [5, 5.41) is 0. The molecule has 0 radical (unpaired) electrons. The zero-order chi connectivity index (χ0) is 18.9. The Kier molecular flexibility index (Phi) is 5.25. The Hall–Kier alpha value is -1.92. The molecule has 0 bridgehead atoms. The number of allylic oxidation sites excluding steroid dienone is 2. The van der Waals surface area contributed by atoms with Gasteiger partial charge in [-0.05, 0) is 45.6 Å². The molecule has 7 heteroatoms. The van der Waals surface area contributed by atoms with Crippen molar-refractivity contribution in [2.24, 2.45) is 0 Å². The molecule has 25 heavy (non-hydrogen) atoms. The second-order valence-electron chi connectivity index (χ2n) is 7.42. The maximum absolute atomic E-state index is 13.6. The molecule has 2 rings (SSSR count). The van der Waals surface area contributed by atoms with Crippen molar-refractivity contribution < 1.29 is 27.8 Å². The van der Waals surface area contributed by atoms with Crippen molar-refractivity contribution in [3.63, 3.8) is 0 Å². The number of carbonyl (C=O) groups excluding carboxylic acids is 2. The SMILES string of the molecule is COC(=O)C1(C2=CCC(F)(F)CC2)CCC=CN1C(=O)OC(C)(C)C. The van der Waals surface area contributed by atoms with Crippen LogP contribution in [0, 0.1) is 0 Å². The minimum Gasteiger partial charge on any atom is -0.467 e. The number of amides is 1. The summed E-state index contributed by atoms with van der Waals surface area (Å²) < 4.78 is 37.5. The molecule has 0 fully saturated rings. The lowest BCUT2D eigenvalue weighted by molar-refractivity contribution is -0.152. The van der Waals surface area contributed by atoms with E-state index in [9.17, 15) is 18.4 Å². The van der Waals surface area contributed by atoms with Gasteiger partial charge in [0.1, 0.15) is 5.60 Å². The Morgan fingerprint density at radius 1 is 1.24 bits per heavy atom. The zero-order valence-electron chi connectivity index (χ0n) is 15.1. The van der Waals surface area contributed by atoms with Gasteiger partial charge in [0, 0.05) is 19.0 Å². The fourth-order valence-electron chi connectivity index (χ4n) is 3.23. The van der Waals surface area contributed by atoms with Crippen LogP contribution in [0.25, 0.3) is 0 Å². The minimum atomic E-state index is -2.79. The van der Waals surface area contributed by atoms with Crippen molar-refractivity contribution >= 4 is 12.1 Å². The third-order valence-corrected chi connectivity index (χ3v) is 4.39. The Balaban J connectivity index is 2.46. The average molecular weight is 357 g/mol. The minimum absolute atomic E-state index is 0.0231. The van der Waals surface area contributed by atoms with Crippen molar-refractivity contribution in [2.45, 2.75) is 69.9 Å². The van der Waals surface area contributed by atoms with Crippen LogP contribution in [0.2, 0.25) is 0 Å². The summed E-state index contributed by atoms with van der Waals surface area (Å²) in [6.45, 7) is 5.16. The van der Waals surface area contributed by atoms with Crippen molar-refractivity contribution in [2.75, 3.05) is 7.11 Å². The zero-order valence-corrected chi connectivity index (χ0v) is 15.1. The predicted molar refractivity (Wildman–Crippen MR) is 88.1 cm³/mol. The molecule has 0 saturated heterocycles. The summed E-state index contributed by atoms with van der Waals surface area (Å²) in [7, 11) is 1.23. The molecule has 5 nitrogen and oxygen atoms in total. The highest BCUT2D eigenvalue weighted by molar-refractivity contribution is 5.90. The van der Waals surface area contributed by atoms with Gasteiger partial charge in [-0.25, -0.2) is 18.4 Å². The van der Waals surface area contributed by atoms with E-state index in [2.05, 4.69) is 0 Å². The highest BCUT2D eigenvalue weighted by atomic mass is 19.3. The van der Waals surface area contributed by atoms with E-state index >= 15 is 0 Å². The summed E-state index contributed by atoms with van der Waals surface area (Å²) in [6.07, 6.45) is 3.93. The first-order valence-corrected chi connectivity index (χ1v) is 8.36. The molecule has 2 aliphatic rings. The van der Waals surface area contributed by atoms with E-state index < -0.39 is 35.5 Å². The monoisotopic (exact) mass is 357 g/mol.